The van der Waals surface area contributed by atoms with Gasteiger partial charge in [0.15, 0.2) is 0 Å². The van der Waals surface area contributed by atoms with Crippen LogP contribution in [0.4, 0.5) is 0 Å². The highest BCUT2D eigenvalue weighted by molar-refractivity contribution is 6.15. The van der Waals surface area contributed by atoms with Crippen molar-refractivity contribution in [3.63, 3.8) is 0 Å². The van der Waals surface area contributed by atoms with E-state index in [-0.39, 0.29) is 0 Å². The Kier molecular flexibility index (Phi) is 5.92. The number of hydrogen-bond donors (Lipinski definition) is 0. The third kappa shape index (κ3) is 4.43. The van der Waals surface area contributed by atoms with Gasteiger partial charge in [-0.3, -0.25) is 4.57 Å². The maximum atomic E-state index is 6.34. The van der Waals surface area contributed by atoms with Gasteiger partial charge in [0.25, 0.3) is 0 Å². The molecule has 0 N–H and O–H groups in total. The molecule has 0 atom stereocenters. The molecule has 0 aliphatic rings. The van der Waals surface area contributed by atoms with Crippen LogP contribution in [0.5, 0.6) is 0 Å². The summed E-state index contributed by atoms with van der Waals surface area (Å²) < 4.78 is 14.8. The van der Waals surface area contributed by atoms with Crippen LogP contribution in [0.2, 0.25) is 0 Å². The van der Waals surface area contributed by atoms with Crippen LogP contribution < -0.4 is 0 Å². The van der Waals surface area contributed by atoms with Gasteiger partial charge < -0.3 is 8.83 Å². The molecule has 3 heterocycles. The van der Waals surface area contributed by atoms with Crippen molar-refractivity contribution in [3.05, 3.63) is 170 Å². The lowest BCUT2D eigenvalue weighted by Crippen LogP contribution is -1.97. The fraction of sp³-hybridized carbons (Fsp3) is 0. The van der Waals surface area contributed by atoms with Crippen LogP contribution in [0.15, 0.2) is 179 Å². The SMILES string of the molecule is c1ccc(-c2ccc(-c3nc4ccccc4n3-c3ccc4cc(-c5ccc6oc7cc8c(cc7c6c5)oc5ccccc58)ccc4c3)cc2)cc1. The standard InChI is InChI=1S/C47H28N2O2/c1-2-8-29(9-3-1)30-14-16-31(17-15-30)47-48-41-11-5-6-12-42(41)49(47)36-22-20-33-24-32(18-19-34(33)25-36)35-21-23-44-38(26-35)40-28-45-39(27-46(40)51-44)37-10-4-7-13-43(37)50-45/h1-28H. The molecule has 0 saturated carbocycles. The highest BCUT2D eigenvalue weighted by atomic mass is 16.3. The normalized spacial score (nSPS) is 11.9. The van der Waals surface area contributed by atoms with Gasteiger partial charge >= 0.3 is 0 Å². The smallest absolute Gasteiger partial charge is 0.145 e. The summed E-state index contributed by atoms with van der Waals surface area (Å²) >= 11 is 0. The van der Waals surface area contributed by atoms with E-state index in [0.29, 0.717) is 0 Å². The highest BCUT2D eigenvalue weighted by Gasteiger charge is 2.17. The zero-order valence-corrected chi connectivity index (χ0v) is 27.4. The van der Waals surface area contributed by atoms with Gasteiger partial charge in [-0.05, 0) is 93.7 Å². The molecule has 51 heavy (non-hydrogen) atoms. The second kappa shape index (κ2) is 10.8. The number of aromatic nitrogens is 2. The van der Waals surface area contributed by atoms with E-state index in [4.69, 9.17) is 13.8 Å². The molecular formula is C47H28N2O2. The number of imidazole rings is 1. The maximum Gasteiger partial charge on any atom is 0.145 e. The topological polar surface area (TPSA) is 44.1 Å². The number of fused-ring (bicyclic) bond motifs is 8. The van der Waals surface area contributed by atoms with Crippen LogP contribution in [-0.2, 0) is 0 Å². The lowest BCUT2D eigenvalue weighted by molar-refractivity contribution is 0.664. The van der Waals surface area contributed by atoms with Crippen LogP contribution in [-0.4, -0.2) is 9.55 Å². The summed E-state index contributed by atoms with van der Waals surface area (Å²) in [5.74, 6) is 0.923. The number of rotatable bonds is 4. The van der Waals surface area contributed by atoms with E-state index in [1.807, 2.05) is 30.3 Å². The molecule has 0 radical (unpaired) electrons. The van der Waals surface area contributed by atoms with Gasteiger partial charge in [0.1, 0.15) is 28.2 Å². The first-order chi connectivity index (χ1) is 25.2. The quantitative estimate of drug-likeness (QED) is 0.190. The van der Waals surface area contributed by atoms with Crippen molar-refractivity contribution in [2.75, 3.05) is 0 Å². The molecule has 0 aliphatic carbocycles. The van der Waals surface area contributed by atoms with Gasteiger partial charge in [-0.2, -0.15) is 0 Å². The zero-order chi connectivity index (χ0) is 33.5. The Balaban J connectivity index is 0.985. The van der Waals surface area contributed by atoms with Crippen molar-refractivity contribution >= 4 is 65.7 Å². The van der Waals surface area contributed by atoms with Crippen LogP contribution >= 0.6 is 0 Å². The van der Waals surface area contributed by atoms with Crippen molar-refractivity contribution in [2.24, 2.45) is 0 Å². The highest BCUT2D eigenvalue weighted by Crippen LogP contribution is 2.39. The minimum Gasteiger partial charge on any atom is -0.456 e. The Morgan fingerprint density at radius 1 is 0.373 bits per heavy atom. The first-order valence-corrected chi connectivity index (χ1v) is 17.2. The van der Waals surface area contributed by atoms with E-state index < -0.39 is 0 Å². The monoisotopic (exact) mass is 652 g/mol. The van der Waals surface area contributed by atoms with Crippen molar-refractivity contribution in [1.82, 2.24) is 9.55 Å². The van der Waals surface area contributed by atoms with E-state index in [0.717, 1.165) is 83.1 Å². The molecule has 0 bridgehead atoms. The Morgan fingerprint density at radius 2 is 0.961 bits per heavy atom. The molecule has 11 aromatic rings. The Morgan fingerprint density at radius 3 is 1.82 bits per heavy atom. The number of furan rings is 2. The summed E-state index contributed by atoms with van der Waals surface area (Å²) in [7, 11) is 0. The van der Waals surface area contributed by atoms with Gasteiger partial charge in [0.2, 0.25) is 0 Å². The molecule has 3 aromatic heterocycles. The number of benzene rings is 8. The number of hydrogen-bond acceptors (Lipinski definition) is 3. The predicted octanol–water partition coefficient (Wildman–Crippen LogP) is 13.0. The van der Waals surface area contributed by atoms with Crippen LogP contribution in [0, 0.1) is 0 Å². The summed E-state index contributed by atoms with van der Waals surface area (Å²) in [5, 5.41) is 6.66. The van der Waals surface area contributed by atoms with Gasteiger partial charge in [-0.25, -0.2) is 4.98 Å². The minimum absolute atomic E-state index is 0.866. The molecule has 0 amide bonds. The van der Waals surface area contributed by atoms with E-state index in [9.17, 15) is 0 Å². The molecule has 4 heteroatoms. The summed E-state index contributed by atoms with van der Waals surface area (Å²) in [4.78, 5) is 5.11. The summed E-state index contributed by atoms with van der Waals surface area (Å²) in [6.45, 7) is 0. The Bertz CT molecular complexity index is 3130. The van der Waals surface area contributed by atoms with E-state index in [1.165, 1.54) is 21.9 Å². The molecule has 0 saturated heterocycles. The zero-order valence-electron chi connectivity index (χ0n) is 27.4. The van der Waals surface area contributed by atoms with E-state index in [1.54, 1.807) is 0 Å². The van der Waals surface area contributed by atoms with Crippen LogP contribution in [0.1, 0.15) is 0 Å². The lowest BCUT2D eigenvalue weighted by Gasteiger charge is -2.12. The lowest BCUT2D eigenvalue weighted by atomic mass is 9.99. The fourth-order valence-electron chi connectivity index (χ4n) is 7.65. The second-order valence-electron chi connectivity index (χ2n) is 13.2. The summed E-state index contributed by atoms with van der Waals surface area (Å²) in [5.41, 5.74) is 12.4. The molecule has 0 aliphatic heterocycles. The minimum atomic E-state index is 0.866. The molecule has 0 spiro atoms. The predicted molar refractivity (Wildman–Crippen MR) is 209 cm³/mol. The fourth-order valence-corrected chi connectivity index (χ4v) is 7.65. The molecule has 238 valence electrons. The van der Waals surface area contributed by atoms with Crippen LogP contribution in [0.25, 0.3) is 105 Å². The largest absolute Gasteiger partial charge is 0.456 e. The average molecular weight is 653 g/mol. The van der Waals surface area contributed by atoms with Crippen LogP contribution in [0.3, 0.4) is 0 Å². The molecule has 0 unspecified atom stereocenters. The maximum absolute atomic E-state index is 6.34. The van der Waals surface area contributed by atoms with E-state index in [2.05, 4.69) is 144 Å². The number of para-hydroxylation sites is 3. The molecule has 8 aromatic carbocycles. The van der Waals surface area contributed by atoms with Crippen molar-refractivity contribution in [1.29, 1.82) is 0 Å². The first kappa shape index (κ1) is 28.0. The Hall–Kier alpha value is -6.91. The van der Waals surface area contributed by atoms with Crippen molar-refractivity contribution in [3.8, 4) is 39.3 Å². The van der Waals surface area contributed by atoms with Gasteiger partial charge in [0, 0.05) is 32.8 Å². The average Bonchev–Trinajstić information content (AvgIpc) is 3.87. The van der Waals surface area contributed by atoms with Gasteiger partial charge in [0.05, 0.1) is 11.0 Å². The van der Waals surface area contributed by atoms with Crippen molar-refractivity contribution in [2.45, 2.75) is 0 Å². The number of nitrogens with zero attached hydrogens (tertiary/aromatic N) is 2. The van der Waals surface area contributed by atoms with Gasteiger partial charge in [-0.15, -0.1) is 0 Å². The van der Waals surface area contributed by atoms with E-state index >= 15 is 0 Å². The molecule has 11 rings (SSSR count). The van der Waals surface area contributed by atoms with Crippen molar-refractivity contribution < 1.29 is 8.83 Å². The third-order valence-corrected chi connectivity index (χ3v) is 10.2. The molecular weight excluding hydrogens is 625 g/mol. The third-order valence-electron chi connectivity index (χ3n) is 10.2. The van der Waals surface area contributed by atoms with Gasteiger partial charge in [-0.1, -0.05) is 109 Å². The Labute approximate surface area is 292 Å². The molecule has 0 fully saturated rings. The summed E-state index contributed by atoms with van der Waals surface area (Å²) in [6, 6.07) is 59.8. The first-order valence-electron chi connectivity index (χ1n) is 17.2. The molecule has 4 nitrogen and oxygen atoms in total. The summed E-state index contributed by atoms with van der Waals surface area (Å²) in [6.07, 6.45) is 0. The second-order valence-corrected chi connectivity index (χ2v) is 13.2.